The number of carbonyl (C=O) groups is 1. The van der Waals surface area contributed by atoms with Crippen LogP contribution < -0.4 is 5.32 Å². The number of carbonyl (C=O) groups excluding carboxylic acids is 1. The van der Waals surface area contributed by atoms with Gasteiger partial charge in [-0.25, -0.2) is 8.42 Å². The summed E-state index contributed by atoms with van der Waals surface area (Å²) in [5.74, 6) is 0.268. The number of benzene rings is 1. The van der Waals surface area contributed by atoms with Crippen LogP contribution in [-0.2, 0) is 21.0 Å². The van der Waals surface area contributed by atoms with Crippen molar-refractivity contribution < 1.29 is 26.4 Å². The Bertz CT molecular complexity index is 952. The van der Waals surface area contributed by atoms with E-state index in [0.29, 0.717) is 50.6 Å². The first-order valence-electron chi connectivity index (χ1n) is 12.1. The second-order valence-corrected chi connectivity index (χ2v) is 12.0. The zero-order valence-electron chi connectivity index (χ0n) is 20.3. The number of sulfonamides is 1. The van der Waals surface area contributed by atoms with Gasteiger partial charge in [-0.15, -0.1) is 0 Å². The average molecular weight is 504 g/mol. The van der Waals surface area contributed by atoms with Crippen LogP contribution in [0, 0.1) is 5.92 Å². The molecule has 34 heavy (non-hydrogen) atoms. The molecule has 1 aliphatic heterocycles. The van der Waals surface area contributed by atoms with Gasteiger partial charge in [0.1, 0.15) is 0 Å². The molecule has 1 aromatic carbocycles. The SMILES string of the molecule is CC(C)CC(NC(C)C)C(=O)N1CCCC(N(C2CC2)S(=O)(=O)c2cccc(C(F)(F)F)c2)C1. The summed E-state index contributed by atoms with van der Waals surface area (Å²) in [5.41, 5.74) is -0.985. The van der Waals surface area contributed by atoms with E-state index < -0.39 is 27.8 Å². The Balaban J connectivity index is 1.84. The number of piperidine rings is 1. The Morgan fingerprint density at radius 1 is 1.15 bits per heavy atom. The Labute approximate surface area is 200 Å². The maximum Gasteiger partial charge on any atom is 0.416 e. The fraction of sp³-hybridized carbons (Fsp3) is 0.708. The molecule has 1 aliphatic carbocycles. The molecule has 0 aromatic heterocycles. The fourth-order valence-electron chi connectivity index (χ4n) is 4.67. The molecule has 1 aromatic rings. The van der Waals surface area contributed by atoms with Crippen LogP contribution in [0.15, 0.2) is 29.2 Å². The van der Waals surface area contributed by atoms with Gasteiger partial charge < -0.3 is 10.2 Å². The lowest BCUT2D eigenvalue weighted by Crippen LogP contribution is -2.56. The molecule has 1 saturated carbocycles. The smallest absolute Gasteiger partial charge is 0.340 e. The van der Waals surface area contributed by atoms with Gasteiger partial charge in [-0.1, -0.05) is 33.8 Å². The first-order chi connectivity index (χ1) is 15.8. The van der Waals surface area contributed by atoms with Gasteiger partial charge in [-0.05, 0) is 56.2 Å². The highest BCUT2D eigenvalue weighted by molar-refractivity contribution is 7.89. The van der Waals surface area contributed by atoms with Crippen LogP contribution in [0.1, 0.15) is 65.4 Å². The molecule has 1 heterocycles. The topological polar surface area (TPSA) is 69.7 Å². The van der Waals surface area contributed by atoms with Gasteiger partial charge in [0, 0.05) is 31.2 Å². The molecule has 10 heteroatoms. The molecule has 3 rings (SSSR count). The summed E-state index contributed by atoms with van der Waals surface area (Å²) < 4.78 is 68.1. The quantitative estimate of drug-likeness (QED) is 0.547. The number of nitrogens with one attached hydrogen (secondary N) is 1. The molecule has 2 fully saturated rings. The van der Waals surface area contributed by atoms with Gasteiger partial charge in [-0.2, -0.15) is 17.5 Å². The number of hydrogen-bond acceptors (Lipinski definition) is 4. The van der Waals surface area contributed by atoms with Crippen LogP contribution in [0.25, 0.3) is 0 Å². The van der Waals surface area contributed by atoms with E-state index in [9.17, 15) is 26.4 Å². The van der Waals surface area contributed by atoms with Gasteiger partial charge in [-0.3, -0.25) is 4.79 Å². The molecule has 1 N–H and O–H groups in total. The summed E-state index contributed by atoms with van der Waals surface area (Å²) in [5, 5.41) is 3.33. The number of rotatable bonds is 9. The first-order valence-corrected chi connectivity index (χ1v) is 13.5. The van der Waals surface area contributed by atoms with Gasteiger partial charge in [0.05, 0.1) is 16.5 Å². The van der Waals surface area contributed by atoms with Gasteiger partial charge in [0.25, 0.3) is 0 Å². The molecular weight excluding hydrogens is 467 g/mol. The Hall–Kier alpha value is -1.65. The van der Waals surface area contributed by atoms with Crippen LogP contribution >= 0.6 is 0 Å². The summed E-state index contributed by atoms with van der Waals surface area (Å²) in [6, 6.07) is 3.01. The number of alkyl halides is 3. The van der Waals surface area contributed by atoms with E-state index in [1.807, 2.05) is 13.8 Å². The largest absolute Gasteiger partial charge is 0.416 e. The molecule has 0 radical (unpaired) electrons. The lowest BCUT2D eigenvalue weighted by atomic mass is 9.99. The third-order valence-corrected chi connectivity index (χ3v) is 8.25. The van der Waals surface area contributed by atoms with Gasteiger partial charge >= 0.3 is 6.18 Å². The third-order valence-electron chi connectivity index (χ3n) is 6.25. The van der Waals surface area contributed by atoms with Gasteiger partial charge in [0.2, 0.25) is 15.9 Å². The van der Waals surface area contributed by atoms with E-state index in [0.717, 1.165) is 12.1 Å². The molecular formula is C24H36F3N3O3S. The average Bonchev–Trinajstić information content (AvgIpc) is 3.56. The summed E-state index contributed by atoms with van der Waals surface area (Å²) in [6.07, 6.45) is -1.38. The molecule has 0 bridgehead atoms. The zero-order chi connectivity index (χ0) is 25.3. The second-order valence-electron chi connectivity index (χ2n) is 10.2. The molecule has 0 spiro atoms. The molecule has 1 amide bonds. The molecule has 6 nitrogen and oxygen atoms in total. The zero-order valence-corrected chi connectivity index (χ0v) is 21.1. The molecule has 2 aliphatic rings. The maximum atomic E-state index is 13.5. The maximum absolute atomic E-state index is 13.5. The second kappa shape index (κ2) is 10.5. The number of nitrogens with zero attached hydrogens (tertiary/aromatic N) is 2. The van der Waals surface area contributed by atoms with Crippen LogP contribution in [0.5, 0.6) is 0 Å². The summed E-state index contributed by atoms with van der Waals surface area (Å²) in [4.78, 5) is 14.7. The first kappa shape index (κ1) is 26.9. The molecule has 2 atom stereocenters. The van der Waals surface area contributed by atoms with Crippen molar-refractivity contribution in [1.29, 1.82) is 0 Å². The van der Waals surface area contributed by atoms with Crippen molar-refractivity contribution in [2.75, 3.05) is 13.1 Å². The molecule has 2 unspecified atom stereocenters. The van der Waals surface area contributed by atoms with Gasteiger partial charge in [0.15, 0.2) is 0 Å². The summed E-state index contributed by atoms with van der Waals surface area (Å²) >= 11 is 0. The Morgan fingerprint density at radius 3 is 2.38 bits per heavy atom. The van der Waals surface area contributed by atoms with Crippen molar-refractivity contribution in [1.82, 2.24) is 14.5 Å². The fourth-order valence-corrected chi connectivity index (χ4v) is 6.61. The normalized spacial score (nSPS) is 20.9. The van der Waals surface area contributed by atoms with E-state index in [1.54, 1.807) is 4.90 Å². The van der Waals surface area contributed by atoms with Crippen LogP contribution in [0.4, 0.5) is 13.2 Å². The van der Waals surface area contributed by atoms with Crippen molar-refractivity contribution in [3.05, 3.63) is 29.8 Å². The summed E-state index contributed by atoms with van der Waals surface area (Å²) in [6.45, 7) is 8.87. The van der Waals surface area contributed by atoms with E-state index >= 15 is 0 Å². The van der Waals surface area contributed by atoms with E-state index in [-0.39, 0.29) is 35.5 Å². The van der Waals surface area contributed by atoms with Crippen molar-refractivity contribution in [3.63, 3.8) is 0 Å². The minimum atomic E-state index is -4.63. The van der Waals surface area contributed by atoms with Crippen LogP contribution in [0.2, 0.25) is 0 Å². The number of hydrogen-bond donors (Lipinski definition) is 1. The Morgan fingerprint density at radius 2 is 1.82 bits per heavy atom. The lowest BCUT2D eigenvalue weighted by Gasteiger charge is -2.40. The number of likely N-dealkylation sites (tertiary alicyclic amines) is 1. The minimum Gasteiger partial charge on any atom is -0.340 e. The number of amides is 1. The predicted octanol–water partition coefficient (Wildman–Crippen LogP) is 4.26. The highest BCUT2D eigenvalue weighted by Crippen LogP contribution is 2.38. The number of halogens is 3. The standard InChI is InChI=1S/C24H36F3N3O3S/c1-16(2)13-22(28-17(3)4)23(31)29-12-6-8-20(15-29)30(19-10-11-19)34(32,33)21-9-5-7-18(14-21)24(25,26)27/h5,7,9,14,16-17,19-20,22,28H,6,8,10-13,15H2,1-4H3. The minimum absolute atomic E-state index is 0.0423. The van der Waals surface area contributed by atoms with E-state index in [2.05, 4.69) is 19.2 Å². The third kappa shape index (κ3) is 6.51. The van der Waals surface area contributed by atoms with Crippen molar-refractivity contribution in [2.45, 2.75) is 95.0 Å². The van der Waals surface area contributed by atoms with E-state index in [1.165, 1.54) is 10.4 Å². The van der Waals surface area contributed by atoms with Crippen molar-refractivity contribution in [3.8, 4) is 0 Å². The molecule has 192 valence electrons. The van der Waals surface area contributed by atoms with Crippen LogP contribution in [-0.4, -0.2) is 60.8 Å². The monoisotopic (exact) mass is 503 g/mol. The van der Waals surface area contributed by atoms with E-state index in [4.69, 9.17) is 0 Å². The lowest BCUT2D eigenvalue weighted by molar-refractivity contribution is -0.138. The van der Waals surface area contributed by atoms with Crippen LogP contribution in [0.3, 0.4) is 0 Å². The van der Waals surface area contributed by atoms with Crippen molar-refractivity contribution >= 4 is 15.9 Å². The van der Waals surface area contributed by atoms with Crippen molar-refractivity contribution in [2.24, 2.45) is 5.92 Å². The summed E-state index contributed by atoms with van der Waals surface area (Å²) in [7, 11) is -4.15. The Kier molecular flexibility index (Phi) is 8.35. The highest BCUT2D eigenvalue weighted by Gasteiger charge is 2.45. The highest BCUT2D eigenvalue weighted by atomic mass is 32.2. The predicted molar refractivity (Wildman–Crippen MR) is 125 cm³/mol. The molecule has 1 saturated heterocycles.